The van der Waals surface area contributed by atoms with Gasteiger partial charge in [-0.25, -0.2) is 4.98 Å². The van der Waals surface area contributed by atoms with Crippen molar-refractivity contribution in [1.29, 1.82) is 0 Å². The van der Waals surface area contributed by atoms with Gasteiger partial charge in [-0.1, -0.05) is 72.0 Å². The minimum atomic E-state index is 0.0729. The van der Waals surface area contributed by atoms with Gasteiger partial charge in [-0.15, -0.1) is 0 Å². The molecule has 0 atom stereocenters. The van der Waals surface area contributed by atoms with E-state index in [2.05, 4.69) is 12.1 Å². The molecule has 146 valence electrons. The topological polar surface area (TPSA) is 42.4 Å². The van der Waals surface area contributed by atoms with Gasteiger partial charge in [-0.05, 0) is 35.7 Å². The summed E-state index contributed by atoms with van der Waals surface area (Å²) in [6.07, 6.45) is 1.15. The Morgan fingerprint density at radius 1 is 0.966 bits per heavy atom. The number of methoxy groups -OCH3 is 1. The number of aromatic nitrogens is 1. The van der Waals surface area contributed by atoms with Gasteiger partial charge in [0.1, 0.15) is 5.75 Å². The molecule has 5 heteroatoms. The number of ether oxygens (including phenoxy) is 1. The Kier molecular flexibility index (Phi) is 5.86. The van der Waals surface area contributed by atoms with Crippen molar-refractivity contribution < 1.29 is 9.53 Å². The van der Waals surface area contributed by atoms with Crippen molar-refractivity contribution >= 4 is 32.6 Å². The minimum Gasteiger partial charge on any atom is -0.497 e. The van der Waals surface area contributed by atoms with Crippen LogP contribution in [0.2, 0.25) is 0 Å². The quantitative estimate of drug-likeness (QED) is 0.412. The van der Waals surface area contributed by atoms with Crippen molar-refractivity contribution in [3.05, 3.63) is 90.0 Å². The Bertz CT molecular complexity index is 1090. The van der Waals surface area contributed by atoms with E-state index in [0.717, 1.165) is 32.2 Å². The minimum absolute atomic E-state index is 0.0729. The number of hydrogen-bond acceptors (Lipinski definition) is 4. The molecule has 0 unspecified atom stereocenters. The summed E-state index contributed by atoms with van der Waals surface area (Å²) < 4.78 is 6.33. The molecule has 0 saturated heterocycles. The first-order chi connectivity index (χ1) is 14.2. The number of anilines is 1. The summed E-state index contributed by atoms with van der Waals surface area (Å²) in [5.41, 5.74) is 3.12. The summed E-state index contributed by atoms with van der Waals surface area (Å²) in [5, 5.41) is 0.718. The van der Waals surface area contributed by atoms with Crippen molar-refractivity contribution in [3.8, 4) is 5.75 Å². The van der Waals surface area contributed by atoms with Crippen LogP contribution in [-0.4, -0.2) is 18.0 Å². The lowest BCUT2D eigenvalue weighted by Gasteiger charge is -2.20. The molecule has 1 heterocycles. The Balaban J connectivity index is 1.61. The number of carbonyl (C=O) groups excluding carboxylic acids is 1. The van der Waals surface area contributed by atoms with Crippen LogP contribution in [0.1, 0.15) is 17.5 Å². The highest BCUT2D eigenvalue weighted by molar-refractivity contribution is 7.22. The second-order valence-electron chi connectivity index (χ2n) is 6.78. The van der Waals surface area contributed by atoms with E-state index in [9.17, 15) is 4.79 Å². The van der Waals surface area contributed by atoms with Crippen LogP contribution >= 0.6 is 11.3 Å². The van der Waals surface area contributed by atoms with Crippen molar-refractivity contribution in [1.82, 2.24) is 4.98 Å². The number of hydrogen-bond donors (Lipinski definition) is 0. The molecule has 0 N–H and O–H groups in total. The van der Waals surface area contributed by atoms with Gasteiger partial charge in [0.05, 0.1) is 23.9 Å². The van der Waals surface area contributed by atoms with Gasteiger partial charge in [0.25, 0.3) is 0 Å². The van der Waals surface area contributed by atoms with Crippen molar-refractivity contribution in [2.24, 2.45) is 0 Å². The summed E-state index contributed by atoms with van der Waals surface area (Å²) >= 11 is 1.52. The number of rotatable bonds is 7. The lowest BCUT2D eigenvalue weighted by Crippen LogP contribution is -2.30. The van der Waals surface area contributed by atoms with Crippen LogP contribution in [-0.2, 0) is 17.8 Å². The van der Waals surface area contributed by atoms with Crippen molar-refractivity contribution in [2.75, 3.05) is 12.0 Å². The number of thiazole rings is 1. The maximum absolute atomic E-state index is 13.2. The monoisotopic (exact) mass is 402 g/mol. The Morgan fingerprint density at radius 2 is 1.66 bits per heavy atom. The predicted molar refractivity (Wildman–Crippen MR) is 119 cm³/mol. The molecular formula is C24H22N2O2S. The highest BCUT2D eigenvalue weighted by Gasteiger charge is 2.20. The van der Waals surface area contributed by atoms with E-state index in [4.69, 9.17) is 9.72 Å². The summed E-state index contributed by atoms with van der Waals surface area (Å²) in [5.74, 6) is 0.862. The Labute approximate surface area is 174 Å². The molecule has 1 aromatic heterocycles. The van der Waals surface area contributed by atoms with E-state index in [1.165, 1.54) is 11.3 Å². The third-order valence-electron chi connectivity index (χ3n) is 4.77. The highest BCUT2D eigenvalue weighted by atomic mass is 32.1. The van der Waals surface area contributed by atoms with Crippen molar-refractivity contribution in [2.45, 2.75) is 19.4 Å². The number of fused-ring (bicyclic) bond motifs is 1. The van der Waals surface area contributed by atoms with E-state index in [-0.39, 0.29) is 5.91 Å². The largest absolute Gasteiger partial charge is 0.497 e. The molecular weight excluding hydrogens is 380 g/mol. The fraction of sp³-hybridized carbons (Fsp3) is 0.167. The molecule has 4 nitrogen and oxygen atoms in total. The van der Waals surface area contributed by atoms with Crippen LogP contribution in [0.4, 0.5) is 5.13 Å². The average molecular weight is 403 g/mol. The lowest BCUT2D eigenvalue weighted by molar-refractivity contribution is -0.118. The molecule has 0 fully saturated rings. The number of nitrogens with zero attached hydrogens (tertiary/aromatic N) is 2. The molecule has 29 heavy (non-hydrogen) atoms. The van der Waals surface area contributed by atoms with Gasteiger partial charge < -0.3 is 4.74 Å². The normalized spacial score (nSPS) is 10.8. The summed E-state index contributed by atoms with van der Waals surface area (Å²) in [6, 6.07) is 25.9. The molecule has 0 radical (unpaired) electrons. The molecule has 0 saturated carbocycles. The fourth-order valence-electron chi connectivity index (χ4n) is 3.19. The van der Waals surface area contributed by atoms with Gasteiger partial charge in [0.15, 0.2) is 5.13 Å². The molecule has 3 aromatic carbocycles. The standard InChI is InChI=1S/C24H22N2O2S/c1-28-20-13-14-21-22(16-20)29-24(25-21)26(17-19-10-6-3-7-11-19)23(27)15-12-18-8-4-2-5-9-18/h2-11,13-14,16H,12,15,17H2,1H3. The molecule has 0 bridgehead atoms. The number of benzene rings is 3. The molecule has 0 spiro atoms. The first-order valence-corrected chi connectivity index (χ1v) is 10.4. The summed E-state index contributed by atoms with van der Waals surface area (Å²) in [4.78, 5) is 19.7. The van der Waals surface area contributed by atoms with Crippen LogP contribution < -0.4 is 9.64 Å². The molecule has 4 rings (SSSR count). The zero-order valence-corrected chi connectivity index (χ0v) is 17.1. The first kappa shape index (κ1) is 19.2. The fourth-order valence-corrected chi connectivity index (χ4v) is 4.21. The SMILES string of the molecule is COc1ccc2nc(N(Cc3ccccc3)C(=O)CCc3ccccc3)sc2c1. The lowest BCUT2D eigenvalue weighted by atomic mass is 10.1. The molecule has 0 aliphatic heterocycles. The molecule has 4 aromatic rings. The summed E-state index contributed by atoms with van der Waals surface area (Å²) in [6.45, 7) is 0.505. The van der Waals surface area contributed by atoms with Crippen molar-refractivity contribution in [3.63, 3.8) is 0 Å². The van der Waals surface area contributed by atoms with Gasteiger partial charge in [0.2, 0.25) is 5.91 Å². The van der Waals surface area contributed by atoms with Crippen LogP contribution in [0.15, 0.2) is 78.9 Å². The Hall–Kier alpha value is -3.18. The number of aryl methyl sites for hydroxylation is 1. The van der Waals surface area contributed by atoms with Crippen LogP contribution in [0, 0.1) is 0 Å². The second-order valence-corrected chi connectivity index (χ2v) is 7.79. The van der Waals surface area contributed by atoms with Gasteiger partial charge >= 0.3 is 0 Å². The van der Waals surface area contributed by atoms with Gasteiger partial charge in [-0.2, -0.15) is 0 Å². The predicted octanol–water partition coefficient (Wildman–Crippen LogP) is 5.47. The number of amides is 1. The van der Waals surface area contributed by atoms with Gasteiger partial charge in [0, 0.05) is 6.42 Å². The van der Waals surface area contributed by atoms with E-state index in [0.29, 0.717) is 19.4 Å². The average Bonchev–Trinajstić information content (AvgIpc) is 3.20. The van der Waals surface area contributed by atoms with E-state index >= 15 is 0 Å². The maximum atomic E-state index is 13.2. The summed E-state index contributed by atoms with van der Waals surface area (Å²) in [7, 11) is 1.65. The van der Waals surface area contributed by atoms with Gasteiger partial charge in [-0.3, -0.25) is 9.69 Å². The zero-order chi connectivity index (χ0) is 20.1. The molecule has 1 amide bonds. The third-order valence-corrected chi connectivity index (χ3v) is 5.81. The Morgan fingerprint density at radius 3 is 2.34 bits per heavy atom. The maximum Gasteiger partial charge on any atom is 0.229 e. The van der Waals surface area contributed by atoms with Crippen LogP contribution in [0.3, 0.4) is 0 Å². The van der Waals surface area contributed by atoms with E-state index in [1.54, 1.807) is 12.0 Å². The highest BCUT2D eigenvalue weighted by Crippen LogP contribution is 2.32. The van der Waals surface area contributed by atoms with Crippen LogP contribution in [0.25, 0.3) is 10.2 Å². The molecule has 0 aliphatic rings. The first-order valence-electron chi connectivity index (χ1n) is 9.56. The third kappa shape index (κ3) is 4.63. The van der Waals surface area contributed by atoms with E-state index < -0.39 is 0 Å². The second kappa shape index (κ2) is 8.88. The van der Waals surface area contributed by atoms with Crippen LogP contribution in [0.5, 0.6) is 5.75 Å². The number of carbonyl (C=O) groups is 1. The van der Waals surface area contributed by atoms with E-state index in [1.807, 2.05) is 66.7 Å². The molecule has 0 aliphatic carbocycles. The smallest absolute Gasteiger partial charge is 0.229 e. The zero-order valence-electron chi connectivity index (χ0n) is 16.2.